The van der Waals surface area contributed by atoms with Crippen molar-refractivity contribution < 1.29 is 18.0 Å². The Labute approximate surface area is 230 Å². The maximum absolute atomic E-state index is 13.9. The molecule has 38 heavy (non-hydrogen) atoms. The van der Waals surface area contributed by atoms with E-state index in [4.69, 9.17) is 11.6 Å². The molecule has 0 bridgehead atoms. The van der Waals surface area contributed by atoms with Crippen molar-refractivity contribution in [2.24, 2.45) is 0 Å². The highest BCUT2D eigenvalue weighted by Crippen LogP contribution is 2.25. The van der Waals surface area contributed by atoms with E-state index < -0.39 is 28.5 Å². The lowest BCUT2D eigenvalue weighted by molar-refractivity contribution is -0.140. The summed E-state index contributed by atoms with van der Waals surface area (Å²) >= 11 is 5.98. The van der Waals surface area contributed by atoms with Crippen molar-refractivity contribution in [2.45, 2.75) is 57.6 Å². The van der Waals surface area contributed by atoms with Crippen molar-refractivity contribution in [2.75, 3.05) is 10.8 Å². The Bertz CT molecular complexity index is 1330. The molecule has 0 aliphatic carbocycles. The number of halogens is 1. The highest BCUT2D eigenvalue weighted by molar-refractivity contribution is 7.92. The minimum Gasteiger partial charge on any atom is -0.352 e. The fourth-order valence-electron chi connectivity index (χ4n) is 4.05. The topological polar surface area (TPSA) is 86.8 Å². The Kier molecular flexibility index (Phi) is 9.94. The molecule has 0 aliphatic heterocycles. The molecule has 0 unspecified atom stereocenters. The molecule has 7 nitrogen and oxygen atoms in total. The maximum Gasteiger partial charge on any atom is 0.264 e. The Morgan fingerprint density at radius 3 is 2.08 bits per heavy atom. The third-order valence-electron chi connectivity index (χ3n) is 6.02. The van der Waals surface area contributed by atoms with E-state index in [-0.39, 0.29) is 23.4 Å². The van der Waals surface area contributed by atoms with Gasteiger partial charge in [-0.3, -0.25) is 13.9 Å². The molecule has 0 radical (unpaired) electrons. The molecule has 3 rings (SSSR count). The van der Waals surface area contributed by atoms with Crippen molar-refractivity contribution in [1.82, 2.24) is 10.2 Å². The number of carbonyl (C=O) groups excluding carboxylic acids is 2. The number of hydrogen-bond donors (Lipinski definition) is 1. The summed E-state index contributed by atoms with van der Waals surface area (Å²) in [4.78, 5) is 28.5. The van der Waals surface area contributed by atoms with Crippen molar-refractivity contribution in [3.05, 3.63) is 95.0 Å². The van der Waals surface area contributed by atoms with E-state index in [2.05, 4.69) is 5.32 Å². The Hall–Kier alpha value is -3.36. The minimum atomic E-state index is -4.12. The van der Waals surface area contributed by atoms with Gasteiger partial charge in [-0.05, 0) is 69.2 Å². The van der Waals surface area contributed by atoms with Gasteiger partial charge in [-0.15, -0.1) is 0 Å². The summed E-state index contributed by atoms with van der Waals surface area (Å²) in [5.74, 6) is -0.771. The van der Waals surface area contributed by atoms with E-state index in [0.29, 0.717) is 17.1 Å². The molecule has 0 heterocycles. The van der Waals surface area contributed by atoms with Gasteiger partial charge in [-0.25, -0.2) is 8.42 Å². The molecule has 2 amide bonds. The van der Waals surface area contributed by atoms with E-state index in [1.807, 2.05) is 52.0 Å². The molecular weight excluding hydrogens is 522 g/mol. The summed E-state index contributed by atoms with van der Waals surface area (Å²) < 4.78 is 28.6. The first-order valence-electron chi connectivity index (χ1n) is 12.5. The van der Waals surface area contributed by atoms with Crippen LogP contribution in [0.2, 0.25) is 5.02 Å². The van der Waals surface area contributed by atoms with Crippen molar-refractivity contribution >= 4 is 39.1 Å². The molecule has 0 aliphatic rings. The van der Waals surface area contributed by atoms with Crippen molar-refractivity contribution in [1.29, 1.82) is 0 Å². The zero-order chi connectivity index (χ0) is 27.9. The first-order valence-corrected chi connectivity index (χ1v) is 14.3. The van der Waals surface area contributed by atoms with Crippen LogP contribution in [0.3, 0.4) is 0 Å². The highest BCUT2D eigenvalue weighted by Gasteiger charge is 2.33. The van der Waals surface area contributed by atoms with Crippen LogP contribution in [0.25, 0.3) is 0 Å². The molecular formula is C29H34ClN3O4S. The zero-order valence-electron chi connectivity index (χ0n) is 22.1. The van der Waals surface area contributed by atoms with Crippen LogP contribution in [-0.4, -0.2) is 43.8 Å². The van der Waals surface area contributed by atoms with E-state index in [0.717, 1.165) is 15.4 Å². The van der Waals surface area contributed by atoms with Crippen LogP contribution >= 0.6 is 11.6 Å². The summed E-state index contributed by atoms with van der Waals surface area (Å²) in [6.07, 6.45) is 0.366. The number of para-hydroxylation sites is 1. The molecule has 3 aromatic carbocycles. The molecule has 202 valence electrons. The van der Waals surface area contributed by atoms with Gasteiger partial charge in [-0.1, -0.05) is 66.6 Å². The molecule has 0 fully saturated rings. The van der Waals surface area contributed by atoms with Crippen molar-refractivity contribution in [3.63, 3.8) is 0 Å². The molecule has 0 aromatic heterocycles. The monoisotopic (exact) mass is 555 g/mol. The standard InChI is InChI=1S/C29H34ClN3O4S/c1-5-27(29(35)31-21(2)3)32(19-23-13-11-22(4)12-14-23)28(34)20-33(25-9-7-6-8-10-25)38(36,37)26-17-15-24(30)16-18-26/h6-18,21,27H,5,19-20H2,1-4H3,(H,31,35)/t27-/m1/s1. The van der Waals surface area contributed by atoms with Gasteiger partial charge in [0, 0.05) is 17.6 Å². The lowest BCUT2D eigenvalue weighted by atomic mass is 10.1. The minimum absolute atomic E-state index is 0.00762. The van der Waals surface area contributed by atoms with Crippen LogP contribution < -0.4 is 9.62 Å². The average Bonchev–Trinajstić information content (AvgIpc) is 2.88. The Morgan fingerprint density at radius 2 is 1.53 bits per heavy atom. The lowest BCUT2D eigenvalue weighted by Crippen LogP contribution is -2.53. The van der Waals surface area contributed by atoms with Gasteiger partial charge in [0.05, 0.1) is 10.6 Å². The third kappa shape index (κ3) is 7.36. The number of amides is 2. The summed E-state index contributed by atoms with van der Waals surface area (Å²) in [6, 6.07) is 21.1. The smallest absolute Gasteiger partial charge is 0.264 e. The van der Waals surface area contributed by atoms with Crippen LogP contribution in [0.4, 0.5) is 5.69 Å². The summed E-state index contributed by atoms with van der Waals surface area (Å²) in [5, 5.41) is 3.29. The van der Waals surface area contributed by atoms with Gasteiger partial charge >= 0.3 is 0 Å². The predicted molar refractivity (Wildman–Crippen MR) is 152 cm³/mol. The van der Waals surface area contributed by atoms with Crippen LogP contribution in [0, 0.1) is 6.92 Å². The quantitative estimate of drug-likeness (QED) is 0.353. The maximum atomic E-state index is 13.9. The number of rotatable bonds is 11. The number of anilines is 1. The molecule has 9 heteroatoms. The third-order valence-corrected chi connectivity index (χ3v) is 8.06. The van der Waals surface area contributed by atoms with Gasteiger partial charge in [0.1, 0.15) is 12.6 Å². The number of benzene rings is 3. The molecule has 1 atom stereocenters. The van der Waals surface area contributed by atoms with Gasteiger partial charge in [0.25, 0.3) is 10.0 Å². The summed E-state index contributed by atoms with van der Waals surface area (Å²) in [7, 11) is -4.12. The largest absolute Gasteiger partial charge is 0.352 e. The van der Waals surface area contributed by atoms with Crippen molar-refractivity contribution in [3.8, 4) is 0 Å². The average molecular weight is 556 g/mol. The number of nitrogens with one attached hydrogen (secondary N) is 1. The molecule has 3 aromatic rings. The highest BCUT2D eigenvalue weighted by atomic mass is 35.5. The van der Waals surface area contributed by atoms with Crippen LogP contribution in [0.15, 0.2) is 83.8 Å². The first-order chi connectivity index (χ1) is 18.0. The molecule has 1 N–H and O–H groups in total. The van der Waals surface area contributed by atoms with Crippen LogP contribution in [0.5, 0.6) is 0 Å². The Morgan fingerprint density at radius 1 is 0.921 bits per heavy atom. The van der Waals surface area contributed by atoms with Gasteiger partial charge in [0.15, 0.2) is 0 Å². The summed E-state index contributed by atoms with van der Waals surface area (Å²) in [6.45, 7) is 7.19. The number of nitrogens with zero attached hydrogens (tertiary/aromatic N) is 2. The normalized spacial score (nSPS) is 12.2. The number of aryl methyl sites for hydroxylation is 1. The first kappa shape index (κ1) is 29.2. The van der Waals surface area contributed by atoms with Gasteiger partial charge in [-0.2, -0.15) is 0 Å². The number of hydrogen-bond acceptors (Lipinski definition) is 4. The second kappa shape index (κ2) is 12.9. The van der Waals surface area contributed by atoms with Gasteiger partial charge in [0.2, 0.25) is 11.8 Å². The second-order valence-electron chi connectivity index (χ2n) is 9.40. The number of sulfonamides is 1. The number of carbonyl (C=O) groups is 2. The lowest BCUT2D eigenvalue weighted by Gasteiger charge is -2.33. The zero-order valence-corrected chi connectivity index (χ0v) is 23.7. The van der Waals surface area contributed by atoms with E-state index >= 15 is 0 Å². The van der Waals surface area contributed by atoms with Crippen LogP contribution in [-0.2, 0) is 26.2 Å². The molecule has 0 saturated heterocycles. The predicted octanol–water partition coefficient (Wildman–Crippen LogP) is 5.18. The summed E-state index contributed by atoms with van der Waals surface area (Å²) in [5.41, 5.74) is 2.25. The second-order valence-corrected chi connectivity index (χ2v) is 11.7. The van der Waals surface area contributed by atoms with E-state index in [9.17, 15) is 18.0 Å². The van der Waals surface area contributed by atoms with Crippen LogP contribution in [0.1, 0.15) is 38.3 Å². The van der Waals surface area contributed by atoms with E-state index in [1.165, 1.54) is 29.2 Å². The Balaban J connectivity index is 2.03. The fourth-order valence-corrected chi connectivity index (χ4v) is 5.59. The van der Waals surface area contributed by atoms with E-state index in [1.54, 1.807) is 30.3 Å². The molecule has 0 spiro atoms. The van der Waals surface area contributed by atoms with Gasteiger partial charge < -0.3 is 10.2 Å². The fraction of sp³-hybridized carbons (Fsp3) is 0.310. The SMILES string of the molecule is CC[C@H](C(=O)NC(C)C)N(Cc1ccc(C)cc1)C(=O)CN(c1ccccc1)S(=O)(=O)c1ccc(Cl)cc1. The molecule has 0 saturated carbocycles.